The maximum atomic E-state index is 12.5. The molecule has 0 atom stereocenters. The molecule has 3 aromatic carbocycles. The Morgan fingerprint density at radius 1 is 0.742 bits per heavy atom. The van der Waals surface area contributed by atoms with Crippen molar-refractivity contribution in [1.29, 1.82) is 0 Å². The molecule has 1 N–H and O–H groups in total. The van der Waals surface area contributed by atoms with Crippen LogP contribution in [0.1, 0.15) is 48.5 Å². The second-order valence-electron chi connectivity index (χ2n) is 7.50. The number of carbonyl (C=O) groups is 1. The molecule has 31 heavy (non-hydrogen) atoms. The summed E-state index contributed by atoms with van der Waals surface area (Å²) in [7, 11) is 0. The van der Waals surface area contributed by atoms with Gasteiger partial charge >= 0.3 is 0 Å². The van der Waals surface area contributed by atoms with Gasteiger partial charge < -0.3 is 14.8 Å². The van der Waals surface area contributed by atoms with Gasteiger partial charge in [0.1, 0.15) is 11.5 Å². The van der Waals surface area contributed by atoms with E-state index >= 15 is 0 Å². The van der Waals surface area contributed by atoms with Gasteiger partial charge in [0.15, 0.2) is 0 Å². The van der Waals surface area contributed by atoms with Crippen LogP contribution in [-0.4, -0.2) is 19.1 Å². The maximum Gasteiger partial charge on any atom is 0.255 e. The standard InChI is InChI=1S/C27H31NO3/c1-2-3-4-8-20-30-25-15-11-23(12-16-25)27(29)28-24-13-17-26(18-14-24)31-21-19-22-9-6-5-7-10-22/h5-7,9-18H,2-4,8,19-21H2,1H3,(H,28,29). The average Bonchev–Trinajstić information content (AvgIpc) is 2.81. The second-order valence-corrected chi connectivity index (χ2v) is 7.50. The highest BCUT2D eigenvalue weighted by Gasteiger charge is 2.07. The first-order valence-electron chi connectivity index (χ1n) is 11.1. The van der Waals surface area contributed by atoms with Crippen molar-refractivity contribution in [1.82, 2.24) is 0 Å². The molecule has 0 fully saturated rings. The third kappa shape index (κ3) is 7.82. The van der Waals surface area contributed by atoms with Crippen LogP contribution in [-0.2, 0) is 6.42 Å². The molecule has 3 rings (SSSR count). The molecule has 0 heterocycles. The summed E-state index contributed by atoms with van der Waals surface area (Å²) in [5.41, 5.74) is 2.58. The Balaban J connectivity index is 1.42. The third-order valence-corrected chi connectivity index (χ3v) is 5.00. The molecule has 0 aliphatic rings. The number of rotatable bonds is 12. The summed E-state index contributed by atoms with van der Waals surface area (Å²) in [6, 6.07) is 25.0. The zero-order chi connectivity index (χ0) is 21.7. The molecule has 1 amide bonds. The van der Waals surface area contributed by atoms with Gasteiger partial charge in [-0.2, -0.15) is 0 Å². The van der Waals surface area contributed by atoms with E-state index in [0.717, 1.165) is 30.0 Å². The summed E-state index contributed by atoms with van der Waals surface area (Å²) >= 11 is 0. The van der Waals surface area contributed by atoms with E-state index in [2.05, 4.69) is 24.4 Å². The Kier molecular flexibility index (Phi) is 8.99. The predicted molar refractivity (Wildman–Crippen MR) is 126 cm³/mol. The first-order chi connectivity index (χ1) is 15.2. The molecule has 0 unspecified atom stereocenters. The van der Waals surface area contributed by atoms with Crippen LogP contribution >= 0.6 is 0 Å². The number of benzene rings is 3. The Morgan fingerprint density at radius 2 is 1.39 bits per heavy atom. The summed E-state index contributed by atoms with van der Waals surface area (Å²) in [4.78, 5) is 12.5. The second kappa shape index (κ2) is 12.4. The quantitative estimate of drug-likeness (QED) is 0.341. The van der Waals surface area contributed by atoms with Crippen LogP contribution in [0, 0.1) is 0 Å². The van der Waals surface area contributed by atoms with Gasteiger partial charge in [0.25, 0.3) is 5.91 Å². The van der Waals surface area contributed by atoms with Crippen LogP contribution in [0.3, 0.4) is 0 Å². The van der Waals surface area contributed by atoms with E-state index < -0.39 is 0 Å². The molecule has 0 radical (unpaired) electrons. The van der Waals surface area contributed by atoms with Gasteiger partial charge in [0.05, 0.1) is 13.2 Å². The fourth-order valence-corrected chi connectivity index (χ4v) is 3.19. The number of carbonyl (C=O) groups excluding carboxylic acids is 1. The third-order valence-electron chi connectivity index (χ3n) is 5.00. The van der Waals surface area contributed by atoms with Crippen molar-refractivity contribution in [2.24, 2.45) is 0 Å². The van der Waals surface area contributed by atoms with Gasteiger partial charge in [0, 0.05) is 17.7 Å². The van der Waals surface area contributed by atoms with Crippen LogP contribution in [0.2, 0.25) is 0 Å². The van der Waals surface area contributed by atoms with Crippen molar-refractivity contribution in [3.8, 4) is 11.5 Å². The summed E-state index contributed by atoms with van der Waals surface area (Å²) in [6.07, 6.45) is 5.56. The minimum Gasteiger partial charge on any atom is -0.494 e. The lowest BCUT2D eigenvalue weighted by atomic mass is 10.2. The maximum absolute atomic E-state index is 12.5. The summed E-state index contributed by atoms with van der Waals surface area (Å²) in [5, 5.41) is 2.92. The summed E-state index contributed by atoms with van der Waals surface area (Å²) in [5.74, 6) is 1.44. The van der Waals surface area contributed by atoms with Crippen molar-refractivity contribution in [2.45, 2.75) is 39.0 Å². The Morgan fingerprint density at radius 3 is 2.06 bits per heavy atom. The van der Waals surface area contributed by atoms with Gasteiger partial charge in [-0.25, -0.2) is 0 Å². The molecule has 0 aliphatic carbocycles. The minimum absolute atomic E-state index is 0.146. The lowest BCUT2D eigenvalue weighted by Gasteiger charge is -2.09. The number of ether oxygens (including phenoxy) is 2. The summed E-state index contributed by atoms with van der Waals surface area (Å²) < 4.78 is 11.5. The van der Waals surface area contributed by atoms with Crippen LogP contribution in [0.15, 0.2) is 78.9 Å². The van der Waals surface area contributed by atoms with E-state index in [1.165, 1.54) is 24.8 Å². The van der Waals surface area contributed by atoms with E-state index in [9.17, 15) is 4.79 Å². The van der Waals surface area contributed by atoms with E-state index in [4.69, 9.17) is 9.47 Å². The number of hydrogen-bond donors (Lipinski definition) is 1. The van der Waals surface area contributed by atoms with E-state index in [0.29, 0.717) is 18.8 Å². The van der Waals surface area contributed by atoms with Crippen LogP contribution < -0.4 is 14.8 Å². The van der Waals surface area contributed by atoms with Gasteiger partial charge in [-0.1, -0.05) is 56.5 Å². The lowest BCUT2D eigenvalue weighted by molar-refractivity contribution is 0.102. The Bertz CT molecular complexity index is 905. The topological polar surface area (TPSA) is 47.6 Å². The largest absolute Gasteiger partial charge is 0.494 e. The monoisotopic (exact) mass is 417 g/mol. The first kappa shape index (κ1) is 22.4. The highest BCUT2D eigenvalue weighted by atomic mass is 16.5. The first-order valence-corrected chi connectivity index (χ1v) is 11.1. The Labute approximate surface area is 185 Å². The molecule has 0 saturated carbocycles. The fourth-order valence-electron chi connectivity index (χ4n) is 3.19. The van der Waals surface area contributed by atoms with Gasteiger partial charge in [-0.05, 0) is 60.5 Å². The summed E-state index contributed by atoms with van der Waals surface area (Å²) in [6.45, 7) is 3.52. The van der Waals surface area contributed by atoms with Crippen molar-refractivity contribution < 1.29 is 14.3 Å². The lowest BCUT2D eigenvalue weighted by Crippen LogP contribution is -2.11. The zero-order valence-electron chi connectivity index (χ0n) is 18.2. The zero-order valence-corrected chi connectivity index (χ0v) is 18.2. The molecule has 0 aliphatic heterocycles. The highest BCUT2D eigenvalue weighted by Crippen LogP contribution is 2.18. The van der Waals surface area contributed by atoms with Gasteiger partial charge in [-0.3, -0.25) is 4.79 Å². The molecular weight excluding hydrogens is 386 g/mol. The Hall–Kier alpha value is -3.27. The number of hydrogen-bond acceptors (Lipinski definition) is 3. The van der Waals surface area contributed by atoms with Gasteiger partial charge in [0.2, 0.25) is 0 Å². The van der Waals surface area contributed by atoms with Crippen LogP contribution in [0.4, 0.5) is 5.69 Å². The normalized spacial score (nSPS) is 10.5. The molecule has 3 aromatic rings. The predicted octanol–water partition coefficient (Wildman–Crippen LogP) is 6.52. The molecule has 0 spiro atoms. The van der Waals surface area contributed by atoms with Crippen molar-refractivity contribution in [2.75, 3.05) is 18.5 Å². The molecule has 0 aromatic heterocycles. The minimum atomic E-state index is -0.146. The van der Waals surface area contributed by atoms with Gasteiger partial charge in [-0.15, -0.1) is 0 Å². The molecule has 162 valence electrons. The van der Waals surface area contributed by atoms with Crippen molar-refractivity contribution >= 4 is 11.6 Å². The molecule has 4 nitrogen and oxygen atoms in total. The van der Waals surface area contributed by atoms with E-state index in [-0.39, 0.29) is 5.91 Å². The number of nitrogens with one attached hydrogen (secondary N) is 1. The van der Waals surface area contributed by atoms with Crippen LogP contribution in [0.5, 0.6) is 11.5 Å². The molecule has 0 saturated heterocycles. The van der Waals surface area contributed by atoms with E-state index in [1.807, 2.05) is 54.6 Å². The molecular formula is C27H31NO3. The SMILES string of the molecule is CCCCCCOc1ccc(C(=O)Nc2ccc(OCCc3ccccc3)cc2)cc1. The molecule has 0 bridgehead atoms. The number of anilines is 1. The number of amides is 1. The fraction of sp³-hybridized carbons (Fsp3) is 0.296. The molecule has 4 heteroatoms. The van der Waals surface area contributed by atoms with E-state index in [1.54, 1.807) is 12.1 Å². The highest BCUT2D eigenvalue weighted by molar-refractivity contribution is 6.04. The number of unbranched alkanes of at least 4 members (excludes halogenated alkanes) is 3. The van der Waals surface area contributed by atoms with Crippen LogP contribution in [0.25, 0.3) is 0 Å². The van der Waals surface area contributed by atoms with Crippen molar-refractivity contribution in [3.63, 3.8) is 0 Å². The smallest absolute Gasteiger partial charge is 0.255 e. The van der Waals surface area contributed by atoms with Crippen molar-refractivity contribution in [3.05, 3.63) is 90.0 Å². The average molecular weight is 418 g/mol.